The van der Waals surface area contributed by atoms with E-state index < -0.39 is 0 Å². The first-order valence-electron chi connectivity index (χ1n) is 5.71. The summed E-state index contributed by atoms with van der Waals surface area (Å²) in [5.41, 5.74) is 1.28. The SMILES string of the molecule is COCCOCC(=O)N1CCc2sccc2C1. The fraction of sp³-hybridized carbons (Fsp3) is 0.583. The van der Waals surface area contributed by atoms with Gasteiger partial charge in [-0.25, -0.2) is 0 Å². The van der Waals surface area contributed by atoms with Crippen molar-refractivity contribution >= 4 is 17.2 Å². The molecule has 1 aliphatic heterocycles. The molecule has 0 bridgehead atoms. The molecule has 1 aromatic rings. The predicted octanol–water partition coefficient (Wildman–Crippen LogP) is 1.30. The maximum Gasteiger partial charge on any atom is 0.248 e. The second-order valence-corrected chi connectivity index (χ2v) is 4.98. The molecule has 0 aromatic carbocycles. The molecule has 17 heavy (non-hydrogen) atoms. The third kappa shape index (κ3) is 3.28. The van der Waals surface area contributed by atoms with Gasteiger partial charge in [-0.2, -0.15) is 0 Å². The van der Waals surface area contributed by atoms with Gasteiger partial charge >= 0.3 is 0 Å². The quantitative estimate of drug-likeness (QED) is 0.744. The van der Waals surface area contributed by atoms with Crippen LogP contribution in [0.5, 0.6) is 0 Å². The van der Waals surface area contributed by atoms with Gasteiger partial charge in [-0.1, -0.05) is 0 Å². The molecule has 1 aliphatic rings. The maximum atomic E-state index is 11.9. The van der Waals surface area contributed by atoms with Gasteiger partial charge in [0.1, 0.15) is 6.61 Å². The lowest BCUT2D eigenvalue weighted by atomic mass is 10.1. The van der Waals surface area contributed by atoms with E-state index >= 15 is 0 Å². The van der Waals surface area contributed by atoms with E-state index in [1.807, 2.05) is 4.90 Å². The van der Waals surface area contributed by atoms with E-state index in [1.165, 1.54) is 10.4 Å². The molecule has 0 atom stereocenters. The van der Waals surface area contributed by atoms with E-state index in [9.17, 15) is 4.79 Å². The number of rotatable bonds is 5. The highest BCUT2D eigenvalue weighted by Gasteiger charge is 2.21. The van der Waals surface area contributed by atoms with Gasteiger partial charge in [0.05, 0.1) is 13.2 Å². The van der Waals surface area contributed by atoms with Gasteiger partial charge in [0.25, 0.3) is 0 Å². The summed E-state index contributed by atoms with van der Waals surface area (Å²) in [6.07, 6.45) is 0.969. The lowest BCUT2D eigenvalue weighted by Gasteiger charge is -2.26. The highest BCUT2D eigenvalue weighted by molar-refractivity contribution is 7.10. The minimum absolute atomic E-state index is 0.0675. The molecule has 5 heteroatoms. The van der Waals surface area contributed by atoms with Crippen molar-refractivity contribution < 1.29 is 14.3 Å². The van der Waals surface area contributed by atoms with Crippen molar-refractivity contribution in [1.29, 1.82) is 0 Å². The van der Waals surface area contributed by atoms with Crippen LogP contribution in [0.15, 0.2) is 11.4 Å². The minimum Gasteiger partial charge on any atom is -0.382 e. The largest absolute Gasteiger partial charge is 0.382 e. The summed E-state index contributed by atoms with van der Waals surface area (Å²) < 4.78 is 10.1. The Labute approximate surface area is 105 Å². The Kier molecular flexibility index (Phi) is 4.53. The molecule has 0 fully saturated rings. The second-order valence-electron chi connectivity index (χ2n) is 3.98. The molecule has 1 aromatic heterocycles. The van der Waals surface area contributed by atoms with E-state index in [0.29, 0.717) is 13.2 Å². The third-order valence-electron chi connectivity index (χ3n) is 2.82. The molecule has 0 radical (unpaired) electrons. The van der Waals surface area contributed by atoms with Gasteiger partial charge in [-0.3, -0.25) is 4.79 Å². The fourth-order valence-corrected chi connectivity index (χ4v) is 2.74. The number of amides is 1. The first kappa shape index (κ1) is 12.5. The molecular formula is C12H17NO3S. The number of carbonyl (C=O) groups is 1. The third-order valence-corrected chi connectivity index (χ3v) is 3.84. The Hall–Kier alpha value is -0.910. The average Bonchev–Trinajstić information content (AvgIpc) is 2.81. The summed E-state index contributed by atoms with van der Waals surface area (Å²) in [6.45, 7) is 2.69. The number of hydrogen-bond donors (Lipinski definition) is 0. The van der Waals surface area contributed by atoms with Crippen LogP contribution in [0.25, 0.3) is 0 Å². The summed E-state index contributed by atoms with van der Waals surface area (Å²) in [7, 11) is 1.62. The second kappa shape index (κ2) is 6.14. The van der Waals surface area contributed by atoms with E-state index in [1.54, 1.807) is 18.4 Å². The van der Waals surface area contributed by atoms with Gasteiger partial charge in [0.2, 0.25) is 5.91 Å². The average molecular weight is 255 g/mol. The van der Waals surface area contributed by atoms with Gasteiger partial charge in [0.15, 0.2) is 0 Å². The van der Waals surface area contributed by atoms with Crippen LogP contribution in [0, 0.1) is 0 Å². The van der Waals surface area contributed by atoms with E-state index in [-0.39, 0.29) is 12.5 Å². The highest BCUT2D eigenvalue weighted by atomic mass is 32.1. The Balaban J connectivity index is 1.78. The number of ether oxygens (including phenoxy) is 2. The molecule has 0 saturated carbocycles. The predicted molar refractivity (Wildman–Crippen MR) is 66.1 cm³/mol. The number of methoxy groups -OCH3 is 1. The van der Waals surface area contributed by atoms with E-state index in [0.717, 1.165) is 19.5 Å². The number of thiophene rings is 1. The zero-order chi connectivity index (χ0) is 12.1. The van der Waals surface area contributed by atoms with Gasteiger partial charge < -0.3 is 14.4 Å². The molecule has 1 amide bonds. The molecule has 94 valence electrons. The summed E-state index contributed by atoms with van der Waals surface area (Å²) in [6, 6.07) is 2.10. The van der Waals surface area contributed by atoms with Crippen LogP contribution >= 0.6 is 11.3 Å². The van der Waals surface area contributed by atoms with Crippen LogP contribution in [0.2, 0.25) is 0 Å². The Morgan fingerprint density at radius 2 is 2.41 bits per heavy atom. The molecule has 0 unspecified atom stereocenters. The van der Waals surface area contributed by atoms with Crippen molar-refractivity contribution in [2.45, 2.75) is 13.0 Å². The first-order valence-corrected chi connectivity index (χ1v) is 6.59. The van der Waals surface area contributed by atoms with Crippen molar-refractivity contribution in [3.8, 4) is 0 Å². The molecule has 2 rings (SSSR count). The molecule has 0 aliphatic carbocycles. The van der Waals surface area contributed by atoms with Gasteiger partial charge in [-0.05, 0) is 23.4 Å². The molecule has 2 heterocycles. The lowest BCUT2D eigenvalue weighted by Crippen LogP contribution is -2.37. The lowest BCUT2D eigenvalue weighted by molar-refractivity contribution is -0.137. The zero-order valence-electron chi connectivity index (χ0n) is 9.98. The summed E-state index contributed by atoms with van der Waals surface area (Å²) in [5.74, 6) is 0.0675. The minimum atomic E-state index is 0.0675. The Morgan fingerprint density at radius 1 is 1.53 bits per heavy atom. The topological polar surface area (TPSA) is 38.8 Å². The van der Waals surface area contributed by atoms with Gasteiger partial charge in [-0.15, -0.1) is 11.3 Å². The zero-order valence-corrected chi connectivity index (χ0v) is 10.8. The maximum absolute atomic E-state index is 11.9. The number of nitrogens with zero attached hydrogens (tertiary/aromatic N) is 1. The monoisotopic (exact) mass is 255 g/mol. The fourth-order valence-electron chi connectivity index (χ4n) is 1.85. The number of hydrogen-bond acceptors (Lipinski definition) is 4. The van der Waals surface area contributed by atoms with Crippen molar-refractivity contribution in [2.75, 3.05) is 33.5 Å². The smallest absolute Gasteiger partial charge is 0.248 e. The van der Waals surface area contributed by atoms with Crippen LogP contribution in [0.1, 0.15) is 10.4 Å². The number of carbonyl (C=O) groups excluding carboxylic acids is 1. The van der Waals surface area contributed by atoms with Crippen LogP contribution < -0.4 is 0 Å². The Morgan fingerprint density at radius 3 is 3.24 bits per heavy atom. The van der Waals surface area contributed by atoms with Crippen LogP contribution in [0.3, 0.4) is 0 Å². The van der Waals surface area contributed by atoms with Crippen molar-refractivity contribution in [1.82, 2.24) is 4.90 Å². The van der Waals surface area contributed by atoms with E-state index in [2.05, 4.69) is 11.4 Å². The first-order chi connectivity index (χ1) is 8.31. The van der Waals surface area contributed by atoms with Crippen LogP contribution in [-0.4, -0.2) is 44.3 Å². The molecule has 4 nitrogen and oxygen atoms in total. The Bertz CT molecular complexity index is 378. The van der Waals surface area contributed by atoms with Crippen LogP contribution in [-0.2, 0) is 27.2 Å². The van der Waals surface area contributed by atoms with Gasteiger partial charge in [0, 0.05) is 25.1 Å². The normalized spacial score (nSPS) is 14.8. The van der Waals surface area contributed by atoms with Crippen molar-refractivity contribution in [3.63, 3.8) is 0 Å². The summed E-state index contributed by atoms with van der Waals surface area (Å²) in [4.78, 5) is 15.1. The van der Waals surface area contributed by atoms with Crippen molar-refractivity contribution in [3.05, 3.63) is 21.9 Å². The number of fused-ring (bicyclic) bond motifs is 1. The summed E-state index contributed by atoms with van der Waals surface area (Å²) in [5, 5.41) is 2.09. The molecular weight excluding hydrogens is 238 g/mol. The van der Waals surface area contributed by atoms with E-state index in [4.69, 9.17) is 9.47 Å². The highest BCUT2D eigenvalue weighted by Crippen LogP contribution is 2.23. The van der Waals surface area contributed by atoms with Crippen LogP contribution in [0.4, 0.5) is 0 Å². The molecule has 0 N–H and O–H groups in total. The van der Waals surface area contributed by atoms with Crippen molar-refractivity contribution in [2.24, 2.45) is 0 Å². The molecule has 0 spiro atoms. The molecule has 0 saturated heterocycles. The standard InChI is InChI=1S/C12H17NO3S/c1-15-5-6-16-9-12(14)13-4-2-11-10(8-13)3-7-17-11/h3,7H,2,4-6,8-9H2,1H3. The summed E-state index contributed by atoms with van der Waals surface area (Å²) >= 11 is 1.78.